The number of hydrogen-bond donors (Lipinski definition) is 1. The van der Waals surface area contributed by atoms with Gasteiger partial charge in [-0.25, -0.2) is 9.97 Å². The quantitative estimate of drug-likeness (QED) is 0.920. The number of morpholine rings is 1. The van der Waals surface area contributed by atoms with E-state index in [4.69, 9.17) is 4.74 Å². The van der Waals surface area contributed by atoms with Crippen molar-refractivity contribution in [2.75, 3.05) is 32.1 Å². The van der Waals surface area contributed by atoms with E-state index in [1.54, 1.807) is 0 Å². The van der Waals surface area contributed by atoms with E-state index in [1.165, 1.54) is 11.3 Å². The largest absolute Gasteiger partial charge is 0.378 e. The zero-order chi connectivity index (χ0) is 16.4. The maximum absolute atomic E-state index is 5.69. The lowest BCUT2D eigenvalue weighted by molar-refractivity contribution is -0.0160. The topological polar surface area (TPSA) is 68.1 Å². The predicted octanol–water partition coefficient (Wildman–Crippen LogP) is 1.44. The molecule has 0 saturated carbocycles. The average molecular weight is 316 g/mol. The van der Waals surface area contributed by atoms with Crippen LogP contribution in [0.25, 0.3) is 0 Å². The Bertz CT molecular complexity index is 683. The van der Waals surface area contributed by atoms with Crippen LogP contribution in [0.15, 0.2) is 12.3 Å². The monoisotopic (exact) mass is 316 g/mol. The van der Waals surface area contributed by atoms with Gasteiger partial charge in [0.1, 0.15) is 11.6 Å². The SMILES string of the molecule is CNc1cc(C)nc([C@H]2COCCN2Cc2cnn(C)c2C)n1. The maximum Gasteiger partial charge on any atom is 0.150 e. The molecule has 0 unspecified atom stereocenters. The summed E-state index contributed by atoms with van der Waals surface area (Å²) in [5.74, 6) is 1.66. The number of aryl methyl sites for hydroxylation is 2. The van der Waals surface area contributed by atoms with E-state index in [-0.39, 0.29) is 6.04 Å². The predicted molar refractivity (Wildman–Crippen MR) is 88.2 cm³/mol. The molecule has 3 heterocycles. The van der Waals surface area contributed by atoms with Crippen LogP contribution in [-0.4, -0.2) is 51.5 Å². The molecule has 0 amide bonds. The van der Waals surface area contributed by atoms with Crippen LogP contribution in [0.4, 0.5) is 5.82 Å². The van der Waals surface area contributed by atoms with Gasteiger partial charge in [-0.15, -0.1) is 0 Å². The van der Waals surface area contributed by atoms with Crippen molar-refractivity contribution in [3.63, 3.8) is 0 Å². The first-order chi connectivity index (χ1) is 11.1. The second-order valence-electron chi connectivity index (χ2n) is 5.94. The first-order valence-electron chi connectivity index (χ1n) is 7.91. The summed E-state index contributed by atoms with van der Waals surface area (Å²) in [4.78, 5) is 11.6. The zero-order valence-electron chi connectivity index (χ0n) is 14.2. The van der Waals surface area contributed by atoms with Gasteiger partial charge in [-0.1, -0.05) is 0 Å². The number of hydrogen-bond acceptors (Lipinski definition) is 6. The zero-order valence-corrected chi connectivity index (χ0v) is 14.2. The fraction of sp³-hybridized carbons (Fsp3) is 0.562. The van der Waals surface area contributed by atoms with E-state index in [1.807, 2.05) is 38.0 Å². The third kappa shape index (κ3) is 3.35. The van der Waals surface area contributed by atoms with Gasteiger partial charge in [0.15, 0.2) is 0 Å². The Balaban J connectivity index is 1.86. The molecule has 1 fully saturated rings. The minimum Gasteiger partial charge on any atom is -0.378 e. The molecular weight excluding hydrogens is 292 g/mol. The minimum absolute atomic E-state index is 0.0651. The summed E-state index contributed by atoms with van der Waals surface area (Å²) in [6.07, 6.45) is 1.94. The Labute approximate surface area is 136 Å². The van der Waals surface area contributed by atoms with E-state index in [0.29, 0.717) is 6.61 Å². The molecule has 1 aliphatic heterocycles. The summed E-state index contributed by atoms with van der Waals surface area (Å²) < 4.78 is 7.60. The molecule has 3 rings (SSSR count). The van der Waals surface area contributed by atoms with Crippen LogP contribution in [-0.2, 0) is 18.3 Å². The first kappa shape index (κ1) is 15.9. The Morgan fingerprint density at radius 2 is 2.17 bits per heavy atom. The number of rotatable bonds is 4. The van der Waals surface area contributed by atoms with Crippen LogP contribution in [0.3, 0.4) is 0 Å². The number of nitrogens with zero attached hydrogens (tertiary/aromatic N) is 5. The number of nitrogens with one attached hydrogen (secondary N) is 1. The molecule has 23 heavy (non-hydrogen) atoms. The second kappa shape index (κ2) is 6.64. The summed E-state index contributed by atoms with van der Waals surface area (Å²) >= 11 is 0. The van der Waals surface area contributed by atoms with Gasteiger partial charge in [0.2, 0.25) is 0 Å². The number of ether oxygens (including phenoxy) is 1. The highest BCUT2D eigenvalue weighted by Gasteiger charge is 2.28. The second-order valence-corrected chi connectivity index (χ2v) is 5.94. The van der Waals surface area contributed by atoms with Gasteiger partial charge in [0.05, 0.1) is 25.5 Å². The van der Waals surface area contributed by atoms with Gasteiger partial charge < -0.3 is 10.1 Å². The summed E-state index contributed by atoms with van der Waals surface area (Å²) in [5.41, 5.74) is 3.39. The molecule has 0 spiro atoms. The fourth-order valence-corrected chi connectivity index (χ4v) is 2.85. The number of aromatic nitrogens is 4. The summed E-state index contributed by atoms with van der Waals surface area (Å²) in [7, 11) is 3.85. The van der Waals surface area contributed by atoms with Crippen molar-refractivity contribution in [2.24, 2.45) is 7.05 Å². The van der Waals surface area contributed by atoms with Gasteiger partial charge in [0.25, 0.3) is 0 Å². The van der Waals surface area contributed by atoms with E-state index in [9.17, 15) is 0 Å². The minimum atomic E-state index is 0.0651. The molecule has 2 aromatic heterocycles. The molecular formula is C16H24N6O. The van der Waals surface area contributed by atoms with E-state index < -0.39 is 0 Å². The van der Waals surface area contributed by atoms with Crippen LogP contribution < -0.4 is 5.32 Å². The van der Waals surface area contributed by atoms with Crippen LogP contribution in [0, 0.1) is 13.8 Å². The van der Waals surface area contributed by atoms with Crippen LogP contribution in [0.5, 0.6) is 0 Å². The van der Waals surface area contributed by atoms with Crippen molar-refractivity contribution in [2.45, 2.75) is 26.4 Å². The van der Waals surface area contributed by atoms with Crippen LogP contribution in [0.1, 0.15) is 28.8 Å². The average Bonchev–Trinajstić information content (AvgIpc) is 2.87. The number of anilines is 1. The smallest absolute Gasteiger partial charge is 0.150 e. The molecule has 0 aliphatic carbocycles. The highest BCUT2D eigenvalue weighted by atomic mass is 16.5. The highest BCUT2D eigenvalue weighted by Crippen LogP contribution is 2.25. The molecule has 1 N–H and O–H groups in total. The third-order valence-corrected chi connectivity index (χ3v) is 4.38. The lowest BCUT2D eigenvalue weighted by Gasteiger charge is -2.34. The van der Waals surface area contributed by atoms with Crippen LogP contribution >= 0.6 is 0 Å². The first-order valence-corrected chi connectivity index (χ1v) is 7.91. The molecule has 0 bridgehead atoms. The van der Waals surface area contributed by atoms with Crippen molar-refractivity contribution in [3.05, 3.63) is 35.0 Å². The van der Waals surface area contributed by atoms with E-state index >= 15 is 0 Å². The highest BCUT2D eigenvalue weighted by molar-refractivity contribution is 5.35. The molecule has 124 valence electrons. The normalized spacial score (nSPS) is 19.0. The van der Waals surface area contributed by atoms with Crippen LogP contribution in [0.2, 0.25) is 0 Å². The Hall–Kier alpha value is -1.99. The summed E-state index contributed by atoms with van der Waals surface area (Å²) in [6.45, 7) is 7.14. The lowest BCUT2D eigenvalue weighted by atomic mass is 10.1. The van der Waals surface area contributed by atoms with Gasteiger partial charge in [-0.3, -0.25) is 9.58 Å². The Kier molecular flexibility index (Phi) is 4.58. The summed E-state index contributed by atoms with van der Waals surface area (Å²) in [6, 6.07) is 2.01. The standard InChI is InChI=1S/C16H24N6O/c1-11-7-15(17-3)20-16(19-11)14-10-23-6-5-22(14)9-13-8-18-21(4)12(13)2/h7-8,14H,5-6,9-10H2,1-4H3,(H,17,19,20)/t14-/m1/s1. The van der Waals surface area contributed by atoms with Crippen molar-refractivity contribution in [1.29, 1.82) is 0 Å². The summed E-state index contributed by atoms with van der Waals surface area (Å²) in [5, 5.41) is 7.44. The maximum atomic E-state index is 5.69. The Morgan fingerprint density at radius 3 is 2.87 bits per heavy atom. The molecule has 7 nitrogen and oxygen atoms in total. The molecule has 1 saturated heterocycles. The molecule has 7 heteroatoms. The Morgan fingerprint density at radius 1 is 1.35 bits per heavy atom. The fourth-order valence-electron chi connectivity index (χ4n) is 2.85. The molecule has 0 radical (unpaired) electrons. The van der Waals surface area contributed by atoms with Crippen molar-refractivity contribution >= 4 is 5.82 Å². The molecule has 1 aliphatic rings. The van der Waals surface area contributed by atoms with Crippen molar-refractivity contribution < 1.29 is 4.74 Å². The molecule has 0 aromatic carbocycles. The molecule has 2 aromatic rings. The van der Waals surface area contributed by atoms with Crippen molar-refractivity contribution in [3.8, 4) is 0 Å². The van der Waals surface area contributed by atoms with Gasteiger partial charge in [-0.05, 0) is 13.8 Å². The van der Waals surface area contributed by atoms with E-state index in [0.717, 1.165) is 37.0 Å². The van der Waals surface area contributed by atoms with Gasteiger partial charge in [-0.2, -0.15) is 5.10 Å². The van der Waals surface area contributed by atoms with Gasteiger partial charge in [0, 0.05) is 50.2 Å². The van der Waals surface area contributed by atoms with E-state index in [2.05, 4.69) is 32.2 Å². The van der Waals surface area contributed by atoms with Gasteiger partial charge >= 0.3 is 0 Å². The lowest BCUT2D eigenvalue weighted by Crippen LogP contribution is -2.40. The van der Waals surface area contributed by atoms with Crippen molar-refractivity contribution in [1.82, 2.24) is 24.6 Å². The third-order valence-electron chi connectivity index (χ3n) is 4.38. The molecule has 1 atom stereocenters.